The number of urea groups is 1. The highest BCUT2D eigenvalue weighted by atomic mass is 32.1. The van der Waals surface area contributed by atoms with Gasteiger partial charge in [0.25, 0.3) is 0 Å². The molecule has 1 aliphatic carbocycles. The van der Waals surface area contributed by atoms with Crippen molar-refractivity contribution in [3.05, 3.63) is 34.0 Å². The van der Waals surface area contributed by atoms with Crippen LogP contribution in [0.3, 0.4) is 0 Å². The fraction of sp³-hybridized carbons (Fsp3) is 0.600. The Kier molecular flexibility index (Phi) is 7.12. The van der Waals surface area contributed by atoms with E-state index >= 15 is 0 Å². The fourth-order valence-corrected chi connectivity index (χ4v) is 4.30. The van der Waals surface area contributed by atoms with Crippen molar-refractivity contribution in [2.75, 3.05) is 19.6 Å². The van der Waals surface area contributed by atoms with Crippen LogP contribution in [0, 0.1) is 5.92 Å². The minimum absolute atomic E-state index is 0.0264. The Morgan fingerprint density at radius 3 is 2.73 bits per heavy atom. The highest BCUT2D eigenvalue weighted by Gasteiger charge is 2.27. The van der Waals surface area contributed by atoms with Gasteiger partial charge in [-0.25, -0.2) is 4.79 Å². The van der Waals surface area contributed by atoms with Crippen LogP contribution >= 0.6 is 11.3 Å². The van der Waals surface area contributed by atoms with Crippen molar-refractivity contribution >= 4 is 23.3 Å². The number of piperidine rings is 1. The summed E-state index contributed by atoms with van der Waals surface area (Å²) in [6.45, 7) is 2.62. The molecule has 26 heavy (non-hydrogen) atoms. The van der Waals surface area contributed by atoms with Crippen molar-refractivity contribution in [2.45, 2.75) is 51.5 Å². The number of nitrogens with one attached hydrogen (secondary N) is 2. The van der Waals surface area contributed by atoms with E-state index in [0.717, 1.165) is 30.7 Å². The van der Waals surface area contributed by atoms with Gasteiger partial charge in [0.1, 0.15) is 0 Å². The first-order chi connectivity index (χ1) is 12.7. The van der Waals surface area contributed by atoms with E-state index in [0.29, 0.717) is 19.6 Å². The second kappa shape index (κ2) is 9.76. The molecule has 2 aliphatic rings. The third-order valence-corrected chi connectivity index (χ3v) is 6.15. The molecule has 2 N–H and O–H groups in total. The van der Waals surface area contributed by atoms with Gasteiger partial charge in [-0.15, -0.1) is 11.3 Å². The maximum Gasteiger partial charge on any atom is 0.317 e. The molecule has 1 aromatic heterocycles. The molecule has 1 aromatic rings. The SMILES string of the molecule is O=C(NCCC1=CCCCC1)C1CCN(C(=O)NCc2cccs2)CC1. The van der Waals surface area contributed by atoms with Crippen molar-refractivity contribution in [1.82, 2.24) is 15.5 Å². The van der Waals surface area contributed by atoms with Gasteiger partial charge >= 0.3 is 6.03 Å². The summed E-state index contributed by atoms with van der Waals surface area (Å²) >= 11 is 1.64. The van der Waals surface area contributed by atoms with Crippen molar-refractivity contribution in [1.29, 1.82) is 0 Å². The van der Waals surface area contributed by atoms with Crippen LogP contribution in [0.15, 0.2) is 29.2 Å². The number of hydrogen-bond donors (Lipinski definition) is 2. The summed E-state index contributed by atoms with van der Waals surface area (Å²) in [4.78, 5) is 27.6. The standard InChI is InChI=1S/C20H29N3O2S/c24-19(21-11-8-16-5-2-1-3-6-16)17-9-12-23(13-10-17)20(25)22-15-18-7-4-14-26-18/h4-5,7,14,17H,1-3,6,8-13,15H2,(H,21,24)(H,22,25). The molecule has 0 bridgehead atoms. The molecule has 0 unspecified atom stereocenters. The Bertz CT molecular complexity index is 619. The largest absolute Gasteiger partial charge is 0.356 e. The molecular formula is C20H29N3O2S. The van der Waals surface area contributed by atoms with Crippen molar-refractivity contribution in [2.24, 2.45) is 5.92 Å². The zero-order valence-electron chi connectivity index (χ0n) is 15.3. The summed E-state index contributed by atoms with van der Waals surface area (Å²) in [5, 5.41) is 8.06. The Morgan fingerprint density at radius 2 is 2.04 bits per heavy atom. The molecule has 0 aromatic carbocycles. The first-order valence-corrected chi connectivity index (χ1v) is 10.6. The molecule has 1 fully saturated rings. The Hall–Kier alpha value is -1.82. The van der Waals surface area contributed by atoms with Crippen LogP contribution in [0.4, 0.5) is 4.79 Å². The molecule has 1 aliphatic heterocycles. The molecule has 5 nitrogen and oxygen atoms in total. The summed E-state index contributed by atoms with van der Waals surface area (Å²) in [6.07, 6.45) is 9.79. The minimum atomic E-state index is -0.0264. The molecule has 3 rings (SSSR count). The molecule has 142 valence electrons. The molecule has 0 atom stereocenters. The van der Waals surface area contributed by atoms with Crippen LogP contribution in [0.2, 0.25) is 0 Å². The molecular weight excluding hydrogens is 346 g/mol. The normalized spacial score (nSPS) is 18.3. The first kappa shape index (κ1) is 19.0. The highest BCUT2D eigenvalue weighted by Crippen LogP contribution is 2.20. The number of allylic oxidation sites excluding steroid dienone is 1. The van der Waals surface area contributed by atoms with E-state index in [1.165, 1.54) is 31.3 Å². The molecule has 1 saturated heterocycles. The number of carbonyl (C=O) groups is 2. The molecule has 3 amide bonds. The molecule has 0 saturated carbocycles. The van der Waals surface area contributed by atoms with Gasteiger partial charge in [0.15, 0.2) is 0 Å². The molecule has 0 spiro atoms. The van der Waals surface area contributed by atoms with E-state index in [1.807, 2.05) is 22.4 Å². The Balaban J connectivity index is 1.32. The predicted molar refractivity (Wildman–Crippen MR) is 105 cm³/mol. The van der Waals surface area contributed by atoms with Gasteiger partial charge in [-0.3, -0.25) is 4.79 Å². The Labute approximate surface area is 159 Å². The predicted octanol–water partition coefficient (Wildman–Crippen LogP) is 3.68. The Morgan fingerprint density at radius 1 is 1.19 bits per heavy atom. The lowest BCUT2D eigenvalue weighted by Crippen LogP contribution is -2.46. The van der Waals surface area contributed by atoms with E-state index < -0.39 is 0 Å². The lowest BCUT2D eigenvalue weighted by molar-refractivity contribution is -0.126. The monoisotopic (exact) mass is 375 g/mol. The summed E-state index contributed by atoms with van der Waals surface area (Å²) in [6, 6.07) is 3.98. The maximum atomic E-state index is 12.3. The van der Waals surface area contributed by atoms with E-state index in [9.17, 15) is 9.59 Å². The molecule has 0 radical (unpaired) electrons. The summed E-state index contributed by atoms with van der Waals surface area (Å²) in [5.41, 5.74) is 1.49. The third kappa shape index (κ3) is 5.59. The van der Waals surface area contributed by atoms with Crippen LogP contribution < -0.4 is 10.6 Å². The van der Waals surface area contributed by atoms with Crippen molar-refractivity contribution < 1.29 is 9.59 Å². The van der Waals surface area contributed by atoms with E-state index in [-0.39, 0.29) is 17.9 Å². The van der Waals surface area contributed by atoms with Gasteiger partial charge in [0.05, 0.1) is 6.54 Å². The number of rotatable bonds is 6. The fourth-order valence-electron chi connectivity index (χ4n) is 3.65. The van der Waals surface area contributed by atoms with Crippen LogP contribution in [-0.4, -0.2) is 36.5 Å². The van der Waals surface area contributed by atoms with Gasteiger partial charge in [-0.1, -0.05) is 17.7 Å². The second-order valence-corrected chi connectivity index (χ2v) is 8.18. The topological polar surface area (TPSA) is 61.4 Å². The first-order valence-electron chi connectivity index (χ1n) is 9.73. The van der Waals surface area contributed by atoms with E-state index in [4.69, 9.17) is 0 Å². The summed E-state index contributed by atoms with van der Waals surface area (Å²) < 4.78 is 0. The van der Waals surface area contributed by atoms with Crippen LogP contribution in [0.5, 0.6) is 0 Å². The highest BCUT2D eigenvalue weighted by molar-refractivity contribution is 7.09. The lowest BCUT2D eigenvalue weighted by Gasteiger charge is -2.31. The van der Waals surface area contributed by atoms with E-state index in [2.05, 4.69) is 16.7 Å². The molecule has 6 heteroatoms. The average Bonchev–Trinajstić information content (AvgIpc) is 3.20. The van der Waals surface area contributed by atoms with E-state index in [1.54, 1.807) is 11.3 Å². The summed E-state index contributed by atoms with van der Waals surface area (Å²) in [7, 11) is 0. The lowest BCUT2D eigenvalue weighted by atomic mass is 9.95. The number of likely N-dealkylation sites (tertiary alicyclic amines) is 1. The number of carbonyl (C=O) groups excluding carboxylic acids is 2. The number of amides is 3. The van der Waals surface area contributed by atoms with Crippen LogP contribution in [-0.2, 0) is 11.3 Å². The van der Waals surface area contributed by atoms with Gasteiger partial charge < -0.3 is 15.5 Å². The summed E-state index contributed by atoms with van der Waals surface area (Å²) in [5.74, 6) is 0.191. The zero-order valence-corrected chi connectivity index (χ0v) is 16.2. The van der Waals surface area contributed by atoms with Gasteiger partial charge in [-0.05, 0) is 56.4 Å². The minimum Gasteiger partial charge on any atom is -0.356 e. The van der Waals surface area contributed by atoms with Crippen molar-refractivity contribution in [3.8, 4) is 0 Å². The number of nitrogens with zero attached hydrogens (tertiary/aromatic N) is 1. The molecule has 2 heterocycles. The third-order valence-electron chi connectivity index (χ3n) is 5.28. The van der Waals surface area contributed by atoms with Gasteiger partial charge in [0.2, 0.25) is 5.91 Å². The van der Waals surface area contributed by atoms with Crippen molar-refractivity contribution in [3.63, 3.8) is 0 Å². The zero-order chi connectivity index (χ0) is 18.2. The second-order valence-electron chi connectivity index (χ2n) is 7.15. The number of thiophene rings is 1. The average molecular weight is 376 g/mol. The van der Waals surface area contributed by atoms with Gasteiger partial charge in [0, 0.05) is 30.4 Å². The van der Waals surface area contributed by atoms with Crippen LogP contribution in [0.1, 0.15) is 49.8 Å². The smallest absolute Gasteiger partial charge is 0.317 e. The maximum absolute atomic E-state index is 12.3. The van der Waals surface area contributed by atoms with Gasteiger partial charge in [-0.2, -0.15) is 0 Å². The number of hydrogen-bond acceptors (Lipinski definition) is 3. The van der Waals surface area contributed by atoms with Crippen LogP contribution in [0.25, 0.3) is 0 Å². The quantitative estimate of drug-likeness (QED) is 0.745.